The zero-order valence-corrected chi connectivity index (χ0v) is 20.6. The second-order valence-electron chi connectivity index (χ2n) is 8.89. The molecule has 1 heterocycles. The van der Waals surface area contributed by atoms with E-state index in [1.165, 1.54) is 19.1 Å². The van der Waals surface area contributed by atoms with Gasteiger partial charge in [-0.15, -0.1) is 11.8 Å². The normalized spacial score (nSPS) is 24.3. The quantitative estimate of drug-likeness (QED) is 0.440. The molecule has 8 heteroatoms. The molecule has 0 aromatic heterocycles. The Kier molecular flexibility index (Phi) is 7.66. The van der Waals surface area contributed by atoms with Crippen molar-refractivity contribution < 1.29 is 28.6 Å². The van der Waals surface area contributed by atoms with Crippen molar-refractivity contribution in [1.29, 1.82) is 0 Å². The number of thioether (sulfide) groups is 1. The van der Waals surface area contributed by atoms with Crippen LogP contribution >= 0.6 is 11.8 Å². The van der Waals surface area contributed by atoms with Crippen LogP contribution < -0.4 is 0 Å². The largest absolute Gasteiger partial charge is 0.465 e. The van der Waals surface area contributed by atoms with E-state index in [0.29, 0.717) is 35.6 Å². The monoisotopic (exact) mass is 485 g/mol. The van der Waals surface area contributed by atoms with E-state index in [-0.39, 0.29) is 18.5 Å². The molecular formula is C26H31NO6S. The van der Waals surface area contributed by atoms with Crippen LogP contribution in [0.15, 0.2) is 41.3 Å². The summed E-state index contributed by atoms with van der Waals surface area (Å²) < 4.78 is 15.3. The van der Waals surface area contributed by atoms with Crippen molar-refractivity contribution in [2.75, 3.05) is 27.4 Å². The maximum Gasteiger partial charge on any atom is 0.410 e. The van der Waals surface area contributed by atoms with Crippen molar-refractivity contribution >= 4 is 40.6 Å². The smallest absolute Gasteiger partial charge is 0.410 e. The molecule has 4 atom stereocenters. The van der Waals surface area contributed by atoms with E-state index in [1.807, 2.05) is 30.3 Å². The van der Waals surface area contributed by atoms with Crippen LogP contribution in [-0.2, 0) is 19.0 Å². The second-order valence-corrected chi connectivity index (χ2v) is 10.2. The molecule has 0 bridgehead atoms. The first kappa shape index (κ1) is 24.4. The number of ether oxygens (including phenoxy) is 3. The molecule has 1 amide bonds. The first-order chi connectivity index (χ1) is 16.4. The maximum absolute atomic E-state index is 12.6. The zero-order chi connectivity index (χ0) is 24.2. The number of piperidine rings is 1. The minimum atomic E-state index is -0.622. The van der Waals surface area contributed by atoms with E-state index >= 15 is 0 Å². The molecule has 2 aliphatic rings. The highest BCUT2D eigenvalue weighted by molar-refractivity contribution is 8.00. The summed E-state index contributed by atoms with van der Waals surface area (Å²) in [7, 11) is 2.74. The Bertz CT molecular complexity index is 1070. The lowest BCUT2D eigenvalue weighted by Gasteiger charge is -2.46. The fourth-order valence-corrected chi connectivity index (χ4v) is 6.68. The molecule has 0 radical (unpaired) electrons. The van der Waals surface area contributed by atoms with Gasteiger partial charge in [-0.2, -0.15) is 0 Å². The van der Waals surface area contributed by atoms with Gasteiger partial charge >= 0.3 is 18.0 Å². The summed E-state index contributed by atoms with van der Waals surface area (Å²) in [6.45, 7) is 2.54. The average molecular weight is 486 g/mol. The van der Waals surface area contributed by atoms with E-state index < -0.39 is 12.1 Å². The van der Waals surface area contributed by atoms with E-state index in [4.69, 9.17) is 14.2 Å². The lowest BCUT2D eigenvalue weighted by atomic mass is 9.73. The number of amides is 1. The van der Waals surface area contributed by atoms with Crippen LogP contribution in [0.1, 0.15) is 43.0 Å². The number of methoxy groups -OCH3 is 2. The molecular weight excluding hydrogens is 454 g/mol. The van der Waals surface area contributed by atoms with Gasteiger partial charge in [0.15, 0.2) is 0 Å². The number of hydrogen-bond donors (Lipinski definition) is 0. The summed E-state index contributed by atoms with van der Waals surface area (Å²) in [6.07, 6.45) is 2.92. The number of nitrogens with zero attached hydrogens (tertiary/aromatic N) is 1. The molecule has 2 aromatic rings. The van der Waals surface area contributed by atoms with Crippen molar-refractivity contribution in [3.8, 4) is 0 Å². The van der Waals surface area contributed by atoms with Gasteiger partial charge in [-0.25, -0.2) is 14.4 Å². The van der Waals surface area contributed by atoms with Gasteiger partial charge in [-0.05, 0) is 67.3 Å². The lowest BCUT2D eigenvalue weighted by Crippen LogP contribution is -2.55. The molecule has 1 saturated carbocycles. The van der Waals surface area contributed by atoms with Crippen LogP contribution in [0.5, 0.6) is 0 Å². The number of fused-ring (bicyclic) bond motifs is 2. The summed E-state index contributed by atoms with van der Waals surface area (Å²) in [4.78, 5) is 39.9. The van der Waals surface area contributed by atoms with Crippen LogP contribution in [0, 0.1) is 11.8 Å². The highest BCUT2D eigenvalue weighted by atomic mass is 32.2. The van der Waals surface area contributed by atoms with Gasteiger partial charge in [0.25, 0.3) is 0 Å². The molecule has 1 aliphatic carbocycles. The molecule has 0 unspecified atom stereocenters. The number of rotatable bonds is 5. The number of carbonyl (C=O) groups excluding carboxylic acids is 3. The number of hydrogen-bond acceptors (Lipinski definition) is 7. The van der Waals surface area contributed by atoms with Crippen molar-refractivity contribution in [3.05, 3.63) is 42.0 Å². The van der Waals surface area contributed by atoms with Gasteiger partial charge in [0.05, 0.1) is 26.4 Å². The topological polar surface area (TPSA) is 82.1 Å². The number of esters is 2. The van der Waals surface area contributed by atoms with Crippen LogP contribution in [0.4, 0.5) is 4.79 Å². The average Bonchev–Trinajstić information content (AvgIpc) is 2.86. The van der Waals surface area contributed by atoms with Gasteiger partial charge in [0.2, 0.25) is 0 Å². The zero-order valence-electron chi connectivity index (χ0n) is 19.8. The Morgan fingerprint density at radius 1 is 1.00 bits per heavy atom. The molecule has 1 aliphatic heterocycles. The van der Waals surface area contributed by atoms with Gasteiger partial charge in [0, 0.05) is 16.7 Å². The van der Waals surface area contributed by atoms with Gasteiger partial charge in [0.1, 0.15) is 6.04 Å². The third-order valence-corrected chi connectivity index (χ3v) is 8.29. The Labute approximate surface area is 204 Å². The Balaban J connectivity index is 1.54. The van der Waals surface area contributed by atoms with E-state index in [2.05, 4.69) is 6.07 Å². The van der Waals surface area contributed by atoms with E-state index in [9.17, 15) is 14.4 Å². The van der Waals surface area contributed by atoms with Crippen molar-refractivity contribution in [1.82, 2.24) is 4.90 Å². The fourth-order valence-electron chi connectivity index (χ4n) is 5.26. The second kappa shape index (κ2) is 10.7. The number of carbonyl (C=O) groups is 3. The molecule has 7 nitrogen and oxygen atoms in total. The predicted molar refractivity (Wildman–Crippen MR) is 130 cm³/mol. The SMILES string of the molecule is CCOC(=O)[C@@H]1C[C@@H]2C[C@@H](Sc3cc4ccccc4cc3C(=O)OC)CC[C@H]2CN1C(=O)OC. The molecule has 4 rings (SSSR count). The van der Waals surface area contributed by atoms with Crippen LogP contribution in [0.2, 0.25) is 0 Å². The van der Waals surface area contributed by atoms with Crippen molar-refractivity contribution in [2.45, 2.75) is 48.8 Å². The molecule has 182 valence electrons. The summed E-state index contributed by atoms with van der Waals surface area (Å²) in [5.74, 6) is -0.0961. The van der Waals surface area contributed by atoms with Crippen molar-refractivity contribution in [3.63, 3.8) is 0 Å². The Hall–Kier alpha value is -2.74. The summed E-state index contributed by atoms with van der Waals surface area (Å²) in [5, 5.41) is 2.39. The highest BCUT2D eigenvalue weighted by Crippen LogP contribution is 2.45. The van der Waals surface area contributed by atoms with Crippen molar-refractivity contribution in [2.24, 2.45) is 11.8 Å². The molecule has 2 aromatic carbocycles. The standard InChI is InChI=1S/C26H31NO6S/c1-4-33-25(29)22-13-19-11-20(10-9-18(19)15-27(22)26(30)32-3)34-23-14-17-8-6-5-7-16(17)12-21(23)24(28)31-2/h5-8,12,14,18-20,22H,4,9-11,13,15H2,1-3H3/t18-,19-,20-,22-/m0/s1. The van der Waals surface area contributed by atoms with Crippen LogP contribution in [0.25, 0.3) is 10.8 Å². The van der Waals surface area contributed by atoms with E-state index in [1.54, 1.807) is 18.7 Å². The predicted octanol–water partition coefficient (Wildman–Crippen LogP) is 4.91. The summed E-state index contributed by atoms with van der Waals surface area (Å²) in [5.41, 5.74) is 0.582. The number of likely N-dealkylation sites (tertiary alicyclic amines) is 1. The molecule has 0 spiro atoms. The van der Waals surface area contributed by atoms with Crippen LogP contribution in [0.3, 0.4) is 0 Å². The first-order valence-corrected chi connectivity index (χ1v) is 12.6. The third-order valence-electron chi connectivity index (χ3n) is 6.94. The molecule has 34 heavy (non-hydrogen) atoms. The van der Waals surface area contributed by atoms with Gasteiger partial charge < -0.3 is 14.2 Å². The summed E-state index contributed by atoms with van der Waals surface area (Å²) >= 11 is 1.71. The maximum atomic E-state index is 12.6. The third kappa shape index (κ3) is 5.02. The Morgan fingerprint density at radius 2 is 1.74 bits per heavy atom. The minimum absolute atomic E-state index is 0.273. The molecule has 0 N–H and O–H groups in total. The van der Waals surface area contributed by atoms with Crippen LogP contribution in [-0.4, -0.2) is 61.6 Å². The molecule has 2 fully saturated rings. The minimum Gasteiger partial charge on any atom is -0.465 e. The molecule has 1 saturated heterocycles. The lowest BCUT2D eigenvalue weighted by molar-refractivity contribution is -0.152. The summed E-state index contributed by atoms with van der Waals surface area (Å²) in [6, 6.07) is 11.3. The first-order valence-electron chi connectivity index (χ1n) is 11.7. The fraction of sp³-hybridized carbons (Fsp3) is 0.500. The van der Waals surface area contributed by atoms with Gasteiger partial charge in [-0.3, -0.25) is 4.90 Å². The van der Waals surface area contributed by atoms with Gasteiger partial charge in [-0.1, -0.05) is 24.3 Å². The van der Waals surface area contributed by atoms with E-state index in [0.717, 1.165) is 34.9 Å². The Morgan fingerprint density at radius 3 is 2.41 bits per heavy atom. The highest BCUT2D eigenvalue weighted by Gasteiger charge is 2.45. The number of benzene rings is 2.